The summed E-state index contributed by atoms with van der Waals surface area (Å²) in [6, 6.07) is 1.60. The number of hydrogen-bond acceptors (Lipinski definition) is 2. The second-order valence-electron chi connectivity index (χ2n) is 3.99. The molecule has 0 spiro atoms. The zero-order chi connectivity index (χ0) is 11.5. The highest BCUT2D eigenvalue weighted by Crippen LogP contribution is 2.24. The van der Waals surface area contributed by atoms with Gasteiger partial charge in [0.2, 0.25) is 5.22 Å². The molecule has 0 radical (unpaired) electrons. The van der Waals surface area contributed by atoms with Crippen molar-refractivity contribution in [2.45, 2.75) is 37.1 Å². The average molecular weight is 262 g/mol. The predicted octanol–water partition coefficient (Wildman–Crippen LogP) is 3.21. The third kappa shape index (κ3) is 2.53. The van der Waals surface area contributed by atoms with Crippen molar-refractivity contribution in [1.82, 2.24) is 5.32 Å². The number of rotatable bonds is 2. The van der Waals surface area contributed by atoms with Crippen LogP contribution in [0.25, 0.3) is 0 Å². The van der Waals surface area contributed by atoms with Crippen molar-refractivity contribution in [3.63, 3.8) is 0 Å². The van der Waals surface area contributed by atoms with Crippen LogP contribution in [0, 0.1) is 0 Å². The summed E-state index contributed by atoms with van der Waals surface area (Å²) in [5, 5.41) is 3.04. The molecule has 1 heterocycles. The maximum atomic E-state index is 11.8. The summed E-state index contributed by atoms with van der Waals surface area (Å²) in [5.41, 5.74) is 0.371. The van der Waals surface area contributed by atoms with Crippen LogP contribution in [0.4, 0.5) is 0 Å². The number of hydrogen-bond donors (Lipinski definition) is 1. The van der Waals surface area contributed by atoms with E-state index >= 15 is 0 Å². The molecule has 0 saturated heterocycles. The molecule has 1 aliphatic carbocycles. The van der Waals surface area contributed by atoms with E-state index in [1.807, 2.05) is 0 Å². The molecule has 1 aromatic heterocycles. The predicted molar refractivity (Wildman–Crippen MR) is 63.1 cm³/mol. The number of furan rings is 1. The third-order valence-electron chi connectivity index (χ3n) is 2.86. The summed E-state index contributed by atoms with van der Waals surface area (Å²) in [4.78, 5) is 11.8. The van der Waals surface area contributed by atoms with Gasteiger partial charge in [0.05, 0.1) is 17.2 Å². The topological polar surface area (TPSA) is 42.2 Å². The van der Waals surface area contributed by atoms with Crippen molar-refractivity contribution >= 4 is 29.1 Å². The van der Waals surface area contributed by atoms with Gasteiger partial charge in [-0.05, 0) is 30.5 Å². The van der Waals surface area contributed by atoms with E-state index in [9.17, 15) is 4.79 Å². The van der Waals surface area contributed by atoms with Crippen molar-refractivity contribution in [3.8, 4) is 0 Å². The molecule has 2 rings (SSSR count). The summed E-state index contributed by atoms with van der Waals surface area (Å²) >= 11 is 11.9. The highest BCUT2D eigenvalue weighted by Gasteiger charge is 2.26. The minimum Gasteiger partial charge on any atom is -0.452 e. The van der Waals surface area contributed by atoms with Crippen molar-refractivity contribution < 1.29 is 9.21 Å². The molecular formula is C11H13Cl2NO2. The quantitative estimate of drug-likeness (QED) is 0.831. The first-order valence-corrected chi connectivity index (χ1v) is 6.18. The Balaban J connectivity index is 1.99. The molecule has 1 saturated carbocycles. The number of amides is 1. The van der Waals surface area contributed by atoms with E-state index in [4.69, 9.17) is 27.6 Å². The fraction of sp³-hybridized carbons (Fsp3) is 0.545. The molecule has 2 atom stereocenters. The molecule has 0 aliphatic heterocycles. The summed E-state index contributed by atoms with van der Waals surface area (Å²) < 4.78 is 4.87. The van der Waals surface area contributed by atoms with E-state index in [0.29, 0.717) is 5.56 Å². The maximum absolute atomic E-state index is 11.8. The Kier molecular flexibility index (Phi) is 3.77. The van der Waals surface area contributed by atoms with Crippen molar-refractivity contribution in [3.05, 3.63) is 23.1 Å². The summed E-state index contributed by atoms with van der Waals surface area (Å²) in [7, 11) is 0. The fourth-order valence-corrected chi connectivity index (χ4v) is 2.49. The van der Waals surface area contributed by atoms with Gasteiger partial charge in [-0.1, -0.05) is 12.8 Å². The minimum atomic E-state index is -0.212. The normalized spacial score (nSPS) is 25.4. The van der Waals surface area contributed by atoms with Crippen LogP contribution in [-0.4, -0.2) is 17.3 Å². The molecule has 2 unspecified atom stereocenters. The van der Waals surface area contributed by atoms with Gasteiger partial charge < -0.3 is 9.73 Å². The SMILES string of the molecule is O=C(NC1CCCCC1Cl)c1ccoc1Cl. The Morgan fingerprint density at radius 1 is 1.44 bits per heavy atom. The molecule has 16 heavy (non-hydrogen) atoms. The summed E-state index contributed by atoms with van der Waals surface area (Å²) in [5.74, 6) is -0.212. The Hall–Kier alpha value is -0.670. The zero-order valence-corrected chi connectivity index (χ0v) is 10.2. The molecule has 0 bridgehead atoms. The monoisotopic (exact) mass is 261 g/mol. The summed E-state index contributed by atoms with van der Waals surface area (Å²) in [6.07, 6.45) is 5.51. The van der Waals surface area contributed by atoms with Crippen LogP contribution in [0.2, 0.25) is 5.22 Å². The lowest BCUT2D eigenvalue weighted by Gasteiger charge is -2.27. The first kappa shape index (κ1) is 11.8. The highest BCUT2D eigenvalue weighted by atomic mass is 35.5. The van der Waals surface area contributed by atoms with Crippen LogP contribution in [0.3, 0.4) is 0 Å². The number of nitrogens with one attached hydrogen (secondary N) is 1. The largest absolute Gasteiger partial charge is 0.452 e. The van der Waals surface area contributed by atoms with E-state index in [2.05, 4.69) is 5.32 Å². The van der Waals surface area contributed by atoms with Gasteiger partial charge in [0, 0.05) is 6.04 Å². The lowest BCUT2D eigenvalue weighted by Crippen LogP contribution is -2.42. The van der Waals surface area contributed by atoms with E-state index < -0.39 is 0 Å². The van der Waals surface area contributed by atoms with Crippen molar-refractivity contribution in [1.29, 1.82) is 0 Å². The number of alkyl halides is 1. The smallest absolute Gasteiger partial charge is 0.256 e. The standard InChI is InChI=1S/C11H13Cl2NO2/c12-8-3-1-2-4-9(8)14-11(15)7-5-6-16-10(7)13/h5-6,8-9H,1-4H2,(H,14,15). The highest BCUT2D eigenvalue weighted by molar-refractivity contribution is 6.32. The van der Waals surface area contributed by atoms with Gasteiger partial charge in [0.1, 0.15) is 0 Å². The van der Waals surface area contributed by atoms with E-state index in [1.165, 1.54) is 6.26 Å². The van der Waals surface area contributed by atoms with Gasteiger partial charge in [-0.15, -0.1) is 11.6 Å². The number of carbonyl (C=O) groups excluding carboxylic acids is 1. The zero-order valence-electron chi connectivity index (χ0n) is 8.71. The van der Waals surface area contributed by atoms with Crippen LogP contribution in [0.5, 0.6) is 0 Å². The lowest BCUT2D eigenvalue weighted by atomic mass is 9.95. The van der Waals surface area contributed by atoms with Gasteiger partial charge in [-0.2, -0.15) is 0 Å². The molecule has 1 aromatic rings. The van der Waals surface area contributed by atoms with Gasteiger partial charge in [0.15, 0.2) is 0 Å². The van der Waals surface area contributed by atoms with E-state index in [-0.39, 0.29) is 22.5 Å². The third-order valence-corrected chi connectivity index (χ3v) is 3.68. The van der Waals surface area contributed by atoms with Gasteiger partial charge in [-0.25, -0.2) is 0 Å². The van der Waals surface area contributed by atoms with Crippen molar-refractivity contribution in [2.75, 3.05) is 0 Å². The van der Waals surface area contributed by atoms with Gasteiger partial charge >= 0.3 is 0 Å². The molecule has 1 aliphatic rings. The molecular weight excluding hydrogens is 249 g/mol. The van der Waals surface area contributed by atoms with Gasteiger partial charge in [-0.3, -0.25) is 4.79 Å². The minimum absolute atomic E-state index is 0.0170. The Morgan fingerprint density at radius 3 is 2.81 bits per heavy atom. The molecule has 88 valence electrons. The van der Waals surface area contributed by atoms with E-state index in [1.54, 1.807) is 6.07 Å². The molecule has 1 N–H and O–H groups in total. The average Bonchev–Trinajstić information content (AvgIpc) is 2.68. The molecule has 0 aromatic carbocycles. The van der Waals surface area contributed by atoms with Crippen LogP contribution in [0.1, 0.15) is 36.0 Å². The Bertz CT molecular complexity index is 378. The molecule has 5 heteroatoms. The maximum Gasteiger partial charge on any atom is 0.256 e. The number of halogens is 2. The Labute approximate surface area is 104 Å². The second-order valence-corrected chi connectivity index (χ2v) is 4.89. The second kappa shape index (κ2) is 5.11. The molecule has 1 fully saturated rings. The van der Waals surface area contributed by atoms with Gasteiger partial charge in [0.25, 0.3) is 5.91 Å². The molecule has 1 amide bonds. The lowest BCUT2D eigenvalue weighted by molar-refractivity contribution is 0.0928. The van der Waals surface area contributed by atoms with Crippen LogP contribution < -0.4 is 5.32 Å². The molecule has 3 nitrogen and oxygen atoms in total. The first-order valence-electron chi connectivity index (χ1n) is 5.36. The van der Waals surface area contributed by atoms with Crippen LogP contribution in [-0.2, 0) is 0 Å². The number of carbonyl (C=O) groups is 1. The fourth-order valence-electron chi connectivity index (χ4n) is 1.95. The first-order chi connectivity index (χ1) is 7.68. The van der Waals surface area contributed by atoms with Crippen molar-refractivity contribution in [2.24, 2.45) is 0 Å². The summed E-state index contributed by atoms with van der Waals surface area (Å²) in [6.45, 7) is 0. The van der Waals surface area contributed by atoms with Crippen LogP contribution >= 0.6 is 23.2 Å². The Morgan fingerprint density at radius 2 is 2.19 bits per heavy atom. The van der Waals surface area contributed by atoms with E-state index in [0.717, 1.165) is 25.7 Å². The van der Waals surface area contributed by atoms with Crippen LogP contribution in [0.15, 0.2) is 16.7 Å².